The number of carbonyl (C=O) groups excluding carboxylic acids is 1. The van der Waals surface area contributed by atoms with Gasteiger partial charge in [-0.1, -0.05) is 36.8 Å². The smallest absolute Gasteiger partial charge is 0.310 e. The molecule has 2 heterocycles. The van der Waals surface area contributed by atoms with Crippen molar-refractivity contribution in [1.29, 1.82) is 0 Å². The first kappa shape index (κ1) is 13.6. The van der Waals surface area contributed by atoms with Crippen molar-refractivity contribution in [3.63, 3.8) is 0 Å². The van der Waals surface area contributed by atoms with Gasteiger partial charge in [0, 0.05) is 18.0 Å². The lowest BCUT2D eigenvalue weighted by atomic mass is 9.69. The molecule has 1 aromatic rings. The van der Waals surface area contributed by atoms with E-state index < -0.39 is 0 Å². The number of hydrogen-bond donors (Lipinski definition) is 0. The maximum Gasteiger partial charge on any atom is 0.310 e. The lowest BCUT2D eigenvalue weighted by molar-refractivity contribution is -0.153. The van der Waals surface area contributed by atoms with Gasteiger partial charge >= 0.3 is 5.97 Å². The number of methoxy groups -OCH3 is 1. The Kier molecular flexibility index (Phi) is 3.79. The van der Waals surface area contributed by atoms with Gasteiger partial charge in [0.15, 0.2) is 0 Å². The minimum atomic E-state index is -0.0453. The van der Waals surface area contributed by atoms with Gasteiger partial charge in [-0.15, -0.1) is 0 Å². The van der Waals surface area contributed by atoms with Gasteiger partial charge in [0.25, 0.3) is 0 Å². The van der Waals surface area contributed by atoms with E-state index >= 15 is 0 Å². The Morgan fingerprint density at radius 3 is 2.70 bits per heavy atom. The second-order valence-electron chi connectivity index (χ2n) is 6.12. The number of nitrogens with zero attached hydrogens (tertiary/aromatic N) is 1. The number of fused-ring (bicyclic) bond motifs is 2. The van der Waals surface area contributed by atoms with Crippen LogP contribution in [0.4, 0.5) is 0 Å². The molecule has 0 aromatic heterocycles. The molecular weight excluding hydrogens is 250 g/mol. The molecule has 0 radical (unpaired) electrons. The van der Waals surface area contributed by atoms with Crippen LogP contribution in [0.25, 0.3) is 0 Å². The first-order valence-electron chi connectivity index (χ1n) is 7.57. The molecule has 3 rings (SSSR count). The molecule has 2 aliphatic rings. The summed E-state index contributed by atoms with van der Waals surface area (Å²) < 4.78 is 5.12. The van der Waals surface area contributed by atoms with Crippen molar-refractivity contribution in [2.75, 3.05) is 14.2 Å². The molecular formula is C17H23NO2. The highest BCUT2D eigenvalue weighted by Gasteiger charge is 2.47. The molecule has 0 N–H and O–H groups in total. The van der Waals surface area contributed by atoms with E-state index in [9.17, 15) is 4.79 Å². The fraction of sp³-hybridized carbons (Fsp3) is 0.588. The van der Waals surface area contributed by atoms with E-state index in [-0.39, 0.29) is 11.9 Å². The standard InChI is InChI=1S/C17H23NO2/c1-18-13-9-6-10-15(18)16(17(19)20-2)14(11-13)12-7-4-3-5-8-12/h3-5,7-8,13-16H,6,9-11H2,1-2H3/t13-,14+,15+,16-/m0/s1. The zero-order chi connectivity index (χ0) is 14.1. The number of esters is 1. The minimum absolute atomic E-state index is 0.0241. The van der Waals surface area contributed by atoms with Crippen molar-refractivity contribution in [3.05, 3.63) is 35.9 Å². The zero-order valence-corrected chi connectivity index (χ0v) is 12.3. The van der Waals surface area contributed by atoms with Gasteiger partial charge in [-0.05, 0) is 31.9 Å². The molecule has 3 heteroatoms. The van der Waals surface area contributed by atoms with Crippen LogP contribution in [0.3, 0.4) is 0 Å². The molecule has 2 aliphatic heterocycles. The summed E-state index contributed by atoms with van der Waals surface area (Å²) in [5.74, 6) is 0.232. The topological polar surface area (TPSA) is 29.5 Å². The highest BCUT2D eigenvalue weighted by Crippen LogP contribution is 2.45. The Balaban J connectivity index is 1.96. The predicted octanol–water partition coefficient (Wildman–Crippen LogP) is 2.82. The Bertz CT molecular complexity index is 473. The molecule has 0 saturated carbocycles. The van der Waals surface area contributed by atoms with E-state index in [4.69, 9.17) is 4.74 Å². The van der Waals surface area contributed by atoms with Gasteiger partial charge in [0.2, 0.25) is 0 Å². The van der Waals surface area contributed by atoms with Crippen LogP contribution in [0.2, 0.25) is 0 Å². The van der Waals surface area contributed by atoms with Gasteiger partial charge in [0.05, 0.1) is 13.0 Å². The number of rotatable bonds is 2. The normalized spacial score (nSPS) is 33.7. The fourth-order valence-corrected chi connectivity index (χ4v) is 4.17. The summed E-state index contributed by atoms with van der Waals surface area (Å²) in [5, 5.41) is 0. The average Bonchev–Trinajstić information content (AvgIpc) is 2.47. The number of carbonyl (C=O) groups is 1. The van der Waals surface area contributed by atoms with E-state index in [1.54, 1.807) is 0 Å². The average molecular weight is 273 g/mol. The summed E-state index contributed by atoms with van der Waals surface area (Å²) in [7, 11) is 3.69. The number of piperidine rings is 2. The summed E-state index contributed by atoms with van der Waals surface area (Å²) in [6.45, 7) is 0. The summed E-state index contributed by atoms with van der Waals surface area (Å²) in [6.07, 6.45) is 4.66. The van der Waals surface area contributed by atoms with E-state index in [0.29, 0.717) is 18.0 Å². The summed E-state index contributed by atoms with van der Waals surface area (Å²) in [5.41, 5.74) is 1.29. The Morgan fingerprint density at radius 2 is 2.00 bits per heavy atom. The summed E-state index contributed by atoms with van der Waals surface area (Å²) >= 11 is 0. The molecule has 0 aliphatic carbocycles. The van der Waals surface area contributed by atoms with E-state index in [2.05, 4.69) is 36.2 Å². The summed E-state index contributed by atoms with van der Waals surface area (Å²) in [4.78, 5) is 14.8. The second-order valence-corrected chi connectivity index (χ2v) is 6.12. The van der Waals surface area contributed by atoms with Crippen molar-refractivity contribution in [2.45, 2.75) is 43.7 Å². The molecule has 4 atom stereocenters. The van der Waals surface area contributed by atoms with Gasteiger partial charge < -0.3 is 4.74 Å². The van der Waals surface area contributed by atoms with E-state index in [1.165, 1.54) is 25.5 Å². The van der Waals surface area contributed by atoms with Gasteiger partial charge in [-0.25, -0.2) is 0 Å². The van der Waals surface area contributed by atoms with Crippen LogP contribution < -0.4 is 0 Å². The van der Waals surface area contributed by atoms with Crippen LogP contribution in [-0.4, -0.2) is 37.1 Å². The SMILES string of the molecule is COC(=O)[C@H]1[C@@H](c2ccccc2)C[C@@H]2CCC[C@H]1N2C. The number of hydrogen-bond acceptors (Lipinski definition) is 3. The van der Waals surface area contributed by atoms with Gasteiger partial charge in [-0.2, -0.15) is 0 Å². The van der Waals surface area contributed by atoms with Crippen molar-refractivity contribution in [3.8, 4) is 0 Å². The second kappa shape index (κ2) is 5.57. The van der Waals surface area contributed by atoms with Crippen LogP contribution in [0.1, 0.15) is 37.2 Å². The predicted molar refractivity (Wildman–Crippen MR) is 78.5 cm³/mol. The molecule has 108 valence electrons. The molecule has 1 aromatic carbocycles. The third-order valence-corrected chi connectivity index (χ3v) is 5.21. The van der Waals surface area contributed by atoms with Crippen molar-refractivity contribution >= 4 is 5.97 Å². The van der Waals surface area contributed by atoms with Crippen molar-refractivity contribution in [2.24, 2.45) is 5.92 Å². The molecule has 2 saturated heterocycles. The summed E-state index contributed by atoms with van der Waals surface area (Å²) in [6, 6.07) is 11.4. The Labute approximate surface area is 120 Å². The Hall–Kier alpha value is -1.35. The molecule has 20 heavy (non-hydrogen) atoms. The molecule has 0 spiro atoms. The van der Waals surface area contributed by atoms with E-state index in [1.807, 2.05) is 6.07 Å². The maximum atomic E-state index is 12.3. The third kappa shape index (κ3) is 2.24. The molecule has 2 fully saturated rings. The van der Waals surface area contributed by atoms with Crippen molar-refractivity contribution in [1.82, 2.24) is 4.90 Å². The van der Waals surface area contributed by atoms with Crippen molar-refractivity contribution < 1.29 is 9.53 Å². The van der Waals surface area contributed by atoms with Crippen LogP contribution >= 0.6 is 0 Å². The fourth-order valence-electron chi connectivity index (χ4n) is 4.17. The lowest BCUT2D eigenvalue weighted by Crippen LogP contribution is -2.56. The monoisotopic (exact) mass is 273 g/mol. The lowest BCUT2D eigenvalue weighted by Gasteiger charge is -2.50. The molecule has 0 unspecified atom stereocenters. The first-order valence-corrected chi connectivity index (χ1v) is 7.57. The number of ether oxygens (including phenoxy) is 1. The first-order chi connectivity index (χ1) is 9.72. The molecule has 2 bridgehead atoms. The van der Waals surface area contributed by atoms with Gasteiger partial charge in [-0.3, -0.25) is 9.69 Å². The van der Waals surface area contributed by atoms with Crippen LogP contribution in [0.5, 0.6) is 0 Å². The minimum Gasteiger partial charge on any atom is -0.469 e. The highest BCUT2D eigenvalue weighted by atomic mass is 16.5. The van der Waals surface area contributed by atoms with Crippen LogP contribution in [0.15, 0.2) is 30.3 Å². The number of benzene rings is 1. The quantitative estimate of drug-likeness (QED) is 0.776. The Morgan fingerprint density at radius 1 is 1.25 bits per heavy atom. The van der Waals surface area contributed by atoms with Crippen LogP contribution in [0, 0.1) is 5.92 Å². The molecule has 3 nitrogen and oxygen atoms in total. The largest absolute Gasteiger partial charge is 0.469 e. The van der Waals surface area contributed by atoms with E-state index in [0.717, 1.165) is 12.8 Å². The zero-order valence-electron chi connectivity index (χ0n) is 12.3. The highest BCUT2D eigenvalue weighted by molar-refractivity contribution is 5.75. The maximum absolute atomic E-state index is 12.3. The third-order valence-electron chi connectivity index (χ3n) is 5.21. The van der Waals surface area contributed by atoms with Gasteiger partial charge in [0.1, 0.15) is 0 Å². The van der Waals surface area contributed by atoms with Crippen LogP contribution in [-0.2, 0) is 9.53 Å². The molecule has 0 amide bonds.